The number of anilines is 2. The molecule has 0 aliphatic carbocycles. The standard InChI is InChI=1S/C16H22N4O/c1-4-9-17-16-19-10-12(2)15(20-16)18-11-13-7-5-6-8-14(13)21-3/h5-8,10H,4,9,11H2,1-3H3,(H2,17,18,19,20). The van der Waals surface area contributed by atoms with E-state index < -0.39 is 0 Å². The van der Waals surface area contributed by atoms with Crippen LogP contribution >= 0.6 is 0 Å². The highest BCUT2D eigenvalue weighted by atomic mass is 16.5. The predicted octanol–water partition coefficient (Wildman–Crippen LogP) is 3.23. The van der Waals surface area contributed by atoms with Crippen LogP contribution in [0.15, 0.2) is 30.5 Å². The number of ether oxygens (including phenoxy) is 1. The molecule has 0 saturated heterocycles. The summed E-state index contributed by atoms with van der Waals surface area (Å²) >= 11 is 0. The number of nitrogens with one attached hydrogen (secondary N) is 2. The van der Waals surface area contributed by atoms with Crippen molar-refractivity contribution in [1.29, 1.82) is 0 Å². The van der Waals surface area contributed by atoms with E-state index in [1.807, 2.05) is 37.4 Å². The summed E-state index contributed by atoms with van der Waals surface area (Å²) < 4.78 is 5.36. The molecule has 0 unspecified atom stereocenters. The minimum absolute atomic E-state index is 0.657. The van der Waals surface area contributed by atoms with E-state index in [2.05, 4.69) is 27.5 Å². The van der Waals surface area contributed by atoms with E-state index in [0.29, 0.717) is 12.5 Å². The Kier molecular flexibility index (Phi) is 5.37. The van der Waals surface area contributed by atoms with Crippen LogP contribution < -0.4 is 15.4 Å². The smallest absolute Gasteiger partial charge is 0.224 e. The molecule has 0 fully saturated rings. The van der Waals surface area contributed by atoms with Crippen LogP contribution in [-0.2, 0) is 6.54 Å². The summed E-state index contributed by atoms with van der Waals surface area (Å²) in [7, 11) is 1.68. The normalized spacial score (nSPS) is 10.2. The number of hydrogen-bond donors (Lipinski definition) is 2. The van der Waals surface area contributed by atoms with Crippen LogP contribution in [0.2, 0.25) is 0 Å². The summed E-state index contributed by atoms with van der Waals surface area (Å²) in [5.74, 6) is 2.38. The number of benzene rings is 1. The largest absolute Gasteiger partial charge is 0.496 e. The Bertz CT molecular complexity index is 586. The first kappa shape index (κ1) is 15.1. The van der Waals surface area contributed by atoms with Crippen molar-refractivity contribution in [3.05, 3.63) is 41.6 Å². The number of nitrogens with zero attached hydrogens (tertiary/aromatic N) is 2. The third-order valence-electron chi connectivity index (χ3n) is 3.14. The van der Waals surface area contributed by atoms with Gasteiger partial charge in [0.25, 0.3) is 0 Å². The molecule has 2 N–H and O–H groups in total. The second-order valence-corrected chi connectivity index (χ2v) is 4.82. The van der Waals surface area contributed by atoms with Crippen molar-refractivity contribution >= 4 is 11.8 Å². The molecular formula is C16H22N4O. The highest BCUT2D eigenvalue weighted by Crippen LogP contribution is 2.20. The van der Waals surface area contributed by atoms with E-state index in [1.165, 1.54) is 0 Å². The van der Waals surface area contributed by atoms with Gasteiger partial charge in [-0.05, 0) is 19.4 Å². The molecule has 2 rings (SSSR count). The quantitative estimate of drug-likeness (QED) is 0.818. The molecule has 0 radical (unpaired) electrons. The summed E-state index contributed by atoms with van der Waals surface area (Å²) in [5, 5.41) is 6.55. The summed E-state index contributed by atoms with van der Waals surface area (Å²) in [6.45, 7) is 5.64. The summed E-state index contributed by atoms with van der Waals surface area (Å²) in [4.78, 5) is 8.78. The lowest BCUT2D eigenvalue weighted by Gasteiger charge is -2.12. The molecule has 0 spiro atoms. The molecule has 0 saturated carbocycles. The molecule has 0 bridgehead atoms. The van der Waals surface area contributed by atoms with Gasteiger partial charge in [-0.15, -0.1) is 0 Å². The van der Waals surface area contributed by atoms with Gasteiger partial charge in [0.1, 0.15) is 11.6 Å². The number of rotatable bonds is 7. The van der Waals surface area contributed by atoms with Crippen molar-refractivity contribution in [2.75, 3.05) is 24.3 Å². The third-order valence-corrected chi connectivity index (χ3v) is 3.14. The maximum absolute atomic E-state index is 5.36. The molecule has 5 nitrogen and oxygen atoms in total. The Morgan fingerprint density at radius 3 is 2.76 bits per heavy atom. The summed E-state index contributed by atoms with van der Waals surface area (Å²) in [5.41, 5.74) is 2.12. The van der Waals surface area contributed by atoms with E-state index in [4.69, 9.17) is 4.74 Å². The van der Waals surface area contributed by atoms with Gasteiger partial charge in [0.15, 0.2) is 0 Å². The van der Waals surface area contributed by atoms with Crippen LogP contribution in [0, 0.1) is 6.92 Å². The van der Waals surface area contributed by atoms with Crippen LogP contribution in [0.4, 0.5) is 11.8 Å². The molecule has 0 aliphatic rings. The fraction of sp³-hybridized carbons (Fsp3) is 0.375. The van der Waals surface area contributed by atoms with E-state index in [1.54, 1.807) is 7.11 Å². The highest BCUT2D eigenvalue weighted by Gasteiger charge is 2.05. The van der Waals surface area contributed by atoms with Gasteiger partial charge in [0, 0.05) is 30.4 Å². The van der Waals surface area contributed by atoms with Gasteiger partial charge in [-0.1, -0.05) is 25.1 Å². The van der Waals surface area contributed by atoms with Crippen molar-refractivity contribution in [2.24, 2.45) is 0 Å². The lowest BCUT2D eigenvalue weighted by molar-refractivity contribution is 0.410. The van der Waals surface area contributed by atoms with Gasteiger partial charge in [-0.3, -0.25) is 0 Å². The molecule has 2 aromatic rings. The van der Waals surface area contributed by atoms with Crippen LogP contribution in [0.5, 0.6) is 5.75 Å². The van der Waals surface area contributed by atoms with Crippen molar-refractivity contribution in [2.45, 2.75) is 26.8 Å². The van der Waals surface area contributed by atoms with Gasteiger partial charge in [0.05, 0.1) is 7.11 Å². The average Bonchev–Trinajstić information content (AvgIpc) is 2.53. The lowest BCUT2D eigenvalue weighted by Crippen LogP contribution is -2.09. The van der Waals surface area contributed by atoms with Gasteiger partial charge < -0.3 is 15.4 Å². The van der Waals surface area contributed by atoms with E-state index >= 15 is 0 Å². The first-order valence-electron chi connectivity index (χ1n) is 7.18. The van der Waals surface area contributed by atoms with Gasteiger partial charge in [0.2, 0.25) is 5.95 Å². The Morgan fingerprint density at radius 2 is 2.00 bits per heavy atom. The zero-order valence-electron chi connectivity index (χ0n) is 12.8. The maximum Gasteiger partial charge on any atom is 0.224 e. The fourth-order valence-corrected chi connectivity index (χ4v) is 1.97. The molecule has 1 aromatic carbocycles. The first-order chi connectivity index (χ1) is 10.2. The van der Waals surface area contributed by atoms with Crippen LogP contribution in [0.1, 0.15) is 24.5 Å². The van der Waals surface area contributed by atoms with Crippen molar-refractivity contribution in [3.8, 4) is 5.75 Å². The molecule has 112 valence electrons. The summed E-state index contributed by atoms with van der Waals surface area (Å²) in [6.07, 6.45) is 2.87. The van der Waals surface area contributed by atoms with Gasteiger partial charge in [-0.2, -0.15) is 4.98 Å². The number of methoxy groups -OCH3 is 1. The van der Waals surface area contributed by atoms with Crippen LogP contribution in [-0.4, -0.2) is 23.6 Å². The minimum Gasteiger partial charge on any atom is -0.496 e. The zero-order chi connectivity index (χ0) is 15.1. The van der Waals surface area contributed by atoms with Crippen molar-refractivity contribution in [1.82, 2.24) is 9.97 Å². The van der Waals surface area contributed by atoms with E-state index in [0.717, 1.165) is 35.7 Å². The second kappa shape index (κ2) is 7.47. The zero-order valence-corrected chi connectivity index (χ0v) is 12.8. The molecule has 0 amide bonds. The Balaban J connectivity index is 2.08. The lowest BCUT2D eigenvalue weighted by atomic mass is 10.2. The molecule has 21 heavy (non-hydrogen) atoms. The van der Waals surface area contributed by atoms with Crippen molar-refractivity contribution in [3.63, 3.8) is 0 Å². The number of para-hydroxylation sites is 1. The highest BCUT2D eigenvalue weighted by molar-refractivity contribution is 5.47. The molecule has 1 aromatic heterocycles. The predicted molar refractivity (Wildman–Crippen MR) is 85.9 cm³/mol. The molecular weight excluding hydrogens is 264 g/mol. The Hall–Kier alpha value is -2.30. The third kappa shape index (κ3) is 4.08. The SMILES string of the molecule is CCCNc1ncc(C)c(NCc2ccccc2OC)n1. The molecule has 0 aliphatic heterocycles. The van der Waals surface area contributed by atoms with Gasteiger partial charge >= 0.3 is 0 Å². The molecule has 1 heterocycles. The van der Waals surface area contributed by atoms with Crippen LogP contribution in [0.25, 0.3) is 0 Å². The van der Waals surface area contributed by atoms with Crippen LogP contribution in [0.3, 0.4) is 0 Å². The van der Waals surface area contributed by atoms with E-state index in [-0.39, 0.29) is 0 Å². The fourth-order valence-electron chi connectivity index (χ4n) is 1.97. The molecule has 5 heteroatoms. The number of hydrogen-bond acceptors (Lipinski definition) is 5. The second-order valence-electron chi connectivity index (χ2n) is 4.82. The number of aromatic nitrogens is 2. The monoisotopic (exact) mass is 286 g/mol. The van der Waals surface area contributed by atoms with E-state index in [9.17, 15) is 0 Å². The molecule has 0 atom stereocenters. The maximum atomic E-state index is 5.36. The van der Waals surface area contributed by atoms with Gasteiger partial charge in [-0.25, -0.2) is 4.98 Å². The Morgan fingerprint density at radius 1 is 1.19 bits per heavy atom. The van der Waals surface area contributed by atoms with Crippen molar-refractivity contribution < 1.29 is 4.74 Å². The average molecular weight is 286 g/mol. The number of aryl methyl sites for hydroxylation is 1. The topological polar surface area (TPSA) is 59.1 Å². The summed E-state index contributed by atoms with van der Waals surface area (Å²) in [6, 6.07) is 7.96. The first-order valence-corrected chi connectivity index (χ1v) is 7.18. The minimum atomic E-state index is 0.657. The Labute approximate surface area is 125 Å².